The van der Waals surface area contributed by atoms with Gasteiger partial charge in [0.1, 0.15) is 11.5 Å². The highest BCUT2D eigenvalue weighted by Gasteiger charge is 2.26. The molecule has 3 rings (SSSR count). The van der Waals surface area contributed by atoms with Gasteiger partial charge in [0.15, 0.2) is 0 Å². The Balaban J connectivity index is 1.95. The average molecular weight is 304 g/mol. The van der Waals surface area contributed by atoms with E-state index in [0.29, 0.717) is 0 Å². The van der Waals surface area contributed by atoms with Gasteiger partial charge >= 0.3 is 6.16 Å². The molecule has 3 nitrogen and oxygen atoms in total. The van der Waals surface area contributed by atoms with Crippen LogP contribution in [0.5, 0.6) is 0 Å². The molecule has 122 valence electrons. The lowest BCUT2D eigenvalue weighted by Gasteiger charge is -2.15. The van der Waals surface area contributed by atoms with E-state index in [-0.39, 0.29) is 0 Å². The second-order valence-corrected chi connectivity index (χ2v) is 6.79. The molecule has 2 aliphatic carbocycles. The molecule has 22 heavy (non-hydrogen) atoms. The number of carbonyl (C=O) groups is 1. The fourth-order valence-corrected chi connectivity index (χ4v) is 3.90. The summed E-state index contributed by atoms with van der Waals surface area (Å²) in [5.74, 6) is 1.83. The third-order valence-corrected chi connectivity index (χ3v) is 5.11. The Morgan fingerprint density at radius 3 is 1.32 bits per heavy atom. The molecule has 0 aromatic carbocycles. The quantitative estimate of drug-likeness (QED) is 0.503. The molecule has 0 bridgehead atoms. The monoisotopic (exact) mass is 304 g/mol. The highest BCUT2D eigenvalue weighted by Crippen LogP contribution is 2.37. The van der Waals surface area contributed by atoms with Crippen molar-refractivity contribution in [2.45, 2.75) is 89.9 Å². The molecule has 0 unspecified atom stereocenters. The maximum Gasteiger partial charge on any atom is 0.518 e. The largest absolute Gasteiger partial charge is 0.518 e. The van der Waals surface area contributed by atoms with Crippen molar-refractivity contribution < 1.29 is 14.3 Å². The van der Waals surface area contributed by atoms with Crippen LogP contribution in [0.25, 0.3) is 0 Å². The highest BCUT2D eigenvalue weighted by molar-refractivity contribution is 5.65. The third-order valence-electron chi connectivity index (χ3n) is 5.11. The lowest BCUT2D eigenvalue weighted by molar-refractivity contribution is 0.0984. The van der Waals surface area contributed by atoms with Crippen LogP contribution in [0.3, 0.4) is 0 Å². The number of allylic oxidation sites excluding steroid dienone is 4. The van der Waals surface area contributed by atoms with Crippen molar-refractivity contribution in [1.82, 2.24) is 0 Å². The average Bonchev–Trinajstić information content (AvgIpc) is 2.61. The minimum atomic E-state index is -0.504. The molecule has 1 aliphatic heterocycles. The molecule has 0 spiro atoms. The van der Waals surface area contributed by atoms with Crippen molar-refractivity contribution in [2.75, 3.05) is 0 Å². The van der Waals surface area contributed by atoms with E-state index in [0.717, 1.165) is 50.0 Å². The van der Waals surface area contributed by atoms with Crippen molar-refractivity contribution >= 4 is 6.16 Å². The van der Waals surface area contributed by atoms with Crippen LogP contribution >= 0.6 is 0 Å². The molecule has 0 aromatic rings. The molecule has 3 aliphatic rings. The van der Waals surface area contributed by atoms with Crippen LogP contribution in [0.1, 0.15) is 89.9 Å². The van der Waals surface area contributed by atoms with Crippen molar-refractivity contribution in [1.29, 1.82) is 0 Å². The Labute approximate surface area is 133 Å². The van der Waals surface area contributed by atoms with Crippen molar-refractivity contribution in [3.63, 3.8) is 0 Å². The van der Waals surface area contributed by atoms with Crippen molar-refractivity contribution in [2.24, 2.45) is 0 Å². The molecule has 1 heterocycles. The number of hydrogen-bond donors (Lipinski definition) is 0. The first-order valence-corrected chi connectivity index (χ1v) is 9.18. The zero-order valence-electron chi connectivity index (χ0n) is 13.6. The molecule has 0 saturated carbocycles. The highest BCUT2D eigenvalue weighted by atomic mass is 16.7. The number of rotatable bonds is 0. The molecule has 0 amide bonds. The molecule has 0 aromatic heterocycles. The number of ether oxygens (including phenoxy) is 2. The van der Waals surface area contributed by atoms with Gasteiger partial charge in [-0.1, -0.05) is 38.5 Å². The van der Waals surface area contributed by atoms with Crippen molar-refractivity contribution in [3.05, 3.63) is 22.7 Å². The second-order valence-electron chi connectivity index (χ2n) is 6.79. The molecule has 0 saturated heterocycles. The van der Waals surface area contributed by atoms with E-state index in [4.69, 9.17) is 9.47 Å². The van der Waals surface area contributed by atoms with Crippen LogP contribution < -0.4 is 0 Å². The van der Waals surface area contributed by atoms with Gasteiger partial charge in [-0.25, -0.2) is 4.79 Å². The SMILES string of the molecule is O=C1OC2=C(CCCCCCC2)C2=C(CCCCCCC2)O1. The lowest BCUT2D eigenvalue weighted by Crippen LogP contribution is -2.05. The molecule has 0 fully saturated rings. The first kappa shape index (κ1) is 15.6. The molecular formula is C19H28O3. The van der Waals surface area contributed by atoms with E-state index in [1.54, 1.807) is 0 Å². The van der Waals surface area contributed by atoms with Gasteiger partial charge in [-0.05, 0) is 49.7 Å². The Morgan fingerprint density at radius 2 is 0.864 bits per heavy atom. The van der Waals surface area contributed by atoms with Crippen LogP contribution in [0.15, 0.2) is 22.7 Å². The Morgan fingerprint density at radius 1 is 0.500 bits per heavy atom. The zero-order valence-corrected chi connectivity index (χ0v) is 13.6. The first-order valence-electron chi connectivity index (χ1n) is 9.18. The first-order chi connectivity index (χ1) is 10.8. The predicted octanol–water partition coefficient (Wildman–Crippen LogP) is 6.15. The summed E-state index contributed by atoms with van der Waals surface area (Å²) in [7, 11) is 0. The summed E-state index contributed by atoms with van der Waals surface area (Å²) in [6.07, 6.45) is 15.7. The summed E-state index contributed by atoms with van der Waals surface area (Å²) in [6, 6.07) is 0. The number of hydrogen-bond acceptors (Lipinski definition) is 3. The lowest BCUT2D eigenvalue weighted by atomic mass is 9.92. The second kappa shape index (κ2) is 7.85. The van der Waals surface area contributed by atoms with Gasteiger partial charge in [0.2, 0.25) is 0 Å². The summed E-state index contributed by atoms with van der Waals surface area (Å²) in [4.78, 5) is 12.0. The minimum absolute atomic E-state index is 0.504. The normalized spacial score (nSPS) is 25.0. The van der Waals surface area contributed by atoms with Gasteiger partial charge in [-0.2, -0.15) is 0 Å². The zero-order chi connectivity index (χ0) is 15.2. The van der Waals surface area contributed by atoms with Crippen molar-refractivity contribution in [3.8, 4) is 0 Å². The van der Waals surface area contributed by atoms with E-state index in [2.05, 4.69) is 0 Å². The van der Waals surface area contributed by atoms with E-state index < -0.39 is 6.16 Å². The van der Waals surface area contributed by atoms with Gasteiger partial charge in [0, 0.05) is 12.8 Å². The van der Waals surface area contributed by atoms with E-state index >= 15 is 0 Å². The smallest absolute Gasteiger partial charge is 0.399 e. The fraction of sp³-hybridized carbons (Fsp3) is 0.737. The van der Waals surface area contributed by atoms with Crippen LogP contribution in [-0.2, 0) is 9.47 Å². The summed E-state index contributed by atoms with van der Waals surface area (Å²) in [6.45, 7) is 0. The topological polar surface area (TPSA) is 35.5 Å². The maximum atomic E-state index is 12.0. The third kappa shape index (κ3) is 3.93. The summed E-state index contributed by atoms with van der Waals surface area (Å²) in [5.41, 5.74) is 2.62. The van der Waals surface area contributed by atoms with E-state index in [1.165, 1.54) is 62.5 Å². The Kier molecular flexibility index (Phi) is 5.58. The molecule has 3 heteroatoms. The van der Waals surface area contributed by atoms with Gasteiger partial charge < -0.3 is 9.47 Å². The maximum absolute atomic E-state index is 12.0. The van der Waals surface area contributed by atoms with E-state index in [9.17, 15) is 4.79 Å². The van der Waals surface area contributed by atoms with Crippen LogP contribution in [0, 0.1) is 0 Å². The molecular weight excluding hydrogens is 276 g/mol. The van der Waals surface area contributed by atoms with Crippen LogP contribution in [0.4, 0.5) is 4.79 Å². The summed E-state index contributed by atoms with van der Waals surface area (Å²) >= 11 is 0. The Bertz CT molecular complexity index is 431. The van der Waals surface area contributed by atoms with E-state index in [1.807, 2.05) is 0 Å². The van der Waals surface area contributed by atoms with Gasteiger partial charge in [-0.15, -0.1) is 0 Å². The minimum Gasteiger partial charge on any atom is -0.399 e. The summed E-state index contributed by atoms with van der Waals surface area (Å²) < 4.78 is 11.2. The Hall–Kier alpha value is -1.25. The van der Waals surface area contributed by atoms with Gasteiger partial charge in [0.05, 0.1) is 0 Å². The molecule has 0 N–H and O–H groups in total. The number of carbonyl (C=O) groups excluding carboxylic acids is 1. The van der Waals surface area contributed by atoms with Gasteiger partial charge in [-0.3, -0.25) is 0 Å². The van der Waals surface area contributed by atoms with Crippen LogP contribution in [-0.4, -0.2) is 6.16 Å². The predicted molar refractivity (Wildman–Crippen MR) is 86.3 cm³/mol. The summed E-state index contributed by atoms with van der Waals surface area (Å²) in [5, 5.41) is 0. The standard InChI is InChI=1S/C19H28O3/c20-19-21-17-13-9-5-1-3-7-11-15(17)16-12-8-4-2-6-10-14-18(16)22-19/h1-14H2. The van der Waals surface area contributed by atoms with Gasteiger partial charge in [0.25, 0.3) is 0 Å². The molecule has 0 radical (unpaired) electrons. The molecule has 0 atom stereocenters. The number of fused-ring (bicyclic) bond motifs is 1. The fourth-order valence-electron chi connectivity index (χ4n) is 3.90. The van der Waals surface area contributed by atoms with Crippen LogP contribution in [0.2, 0.25) is 0 Å².